The van der Waals surface area contributed by atoms with E-state index in [9.17, 15) is 4.79 Å². The van der Waals surface area contributed by atoms with Crippen molar-refractivity contribution in [3.05, 3.63) is 78.2 Å². The Hall–Kier alpha value is -3.66. The van der Waals surface area contributed by atoms with E-state index in [0.717, 1.165) is 62.4 Å². The number of rotatable bonds is 7. The Balaban J connectivity index is 0.000000230. The first-order valence-corrected chi connectivity index (χ1v) is 15.6. The number of benzene rings is 2. The lowest BCUT2D eigenvalue weighted by Gasteiger charge is -2.22. The number of aryl methyl sites for hydroxylation is 1. The Bertz CT molecular complexity index is 1490. The number of aldehydes is 1. The summed E-state index contributed by atoms with van der Waals surface area (Å²) in [5, 5.41) is 12.7. The van der Waals surface area contributed by atoms with Gasteiger partial charge in [0.15, 0.2) is 5.65 Å². The van der Waals surface area contributed by atoms with Gasteiger partial charge in [0.25, 0.3) is 0 Å². The van der Waals surface area contributed by atoms with Crippen molar-refractivity contribution in [3.8, 4) is 17.0 Å². The largest absolute Gasteiger partial charge is 0.497 e. The number of nitrogens with zero attached hydrogens (tertiary/aromatic N) is 3. The second-order valence-electron chi connectivity index (χ2n) is 9.89. The van der Waals surface area contributed by atoms with E-state index in [0.29, 0.717) is 13.2 Å². The molecular formula is C30H39N5O3S. The molecule has 3 aromatic heterocycles. The fourth-order valence-electron chi connectivity index (χ4n) is 3.87. The third-order valence-electron chi connectivity index (χ3n) is 5.87. The molecule has 0 saturated heterocycles. The second kappa shape index (κ2) is 13.9. The van der Waals surface area contributed by atoms with Crippen LogP contribution in [0, 0.1) is 0 Å². The van der Waals surface area contributed by atoms with Crippen molar-refractivity contribution >= 4 is 38.4 Å². The van der Waals surface area contributed by atoms with Crippen molar-refractivity contribution in [1.82, 2.24) is 24.8 Å². The number of hydrogen-bond donors (Lipinski definition) is 3. The first-order valence-electron chi connectivity index (χ1n) is 12.6. The Morgan fingerprint density at radius 3 is 2.44 bits per heavy atom. The van der Waals surface area contributed by atoms with Crippen LogP contribution in [0.1, 0.15) is 16.1 Å². The Morgan fingerprint density at radius 1 is 1.13 bits per heavy atom. The summed E-state index contributed by atoms with van der Waals surface area (Å²) in [5.74, 6) is 1.83. The van der Waals surface area contributed by atoms with Crippen LogP contribution in [0.5, 0.6) is 5.75 Å². The molecule has 0 aliphatic heterocycles. The van der Waals surface area contributed by atoms with Gasteiger partial charge in [-0.2, -0.15) is 0 Å². The van der Waals surface area contributed by atoms with Crippen molar-refractivity contribution in [1.29, 1.82) is 0 Å². The number of aromatic nitrogens is 4. The predicted octanol–water partition coefficient (Wildman–Crippen LogP) is 5.02. The van der Waals surface area contributed by atoms with Crippen LogP contribution in [0.15, 0.2) is 67.0 Å². The van der Waals surface area contributed by atoms with Crippen LogP contribution in [-0.2, 0) is 13.6 Å². The van der Waals surface area contributed by atoms with Crippen LogP contribution in [0.25, 0.3) is 33.3 Å². The van der Waals surface area contributed by atoms with E-state index >= 15 is 0 Å². The van der Waals surface area contributed by atoms with Crippen LogP contribution in [0.3, 0.4) is 0 Å². The van der Waals surface area contributed by atoms with Gasteiger partial charge in [0.1, 0.15) is 17.6 Å². The number of aliphatic hydroxyl groups excluding tert-OH is 1. The highest BCUT2D eigenvalue weighted by atomic mass is 32.3. The minimum absolute atomic E-state index is 0.346. The molecule has 0 aliphatic rings. The van der Waals surface area contributed by atoms with Gasteiger partial charge >= 0.3 is 0 Å². The first kappa shape index (κ1) is 29.9. The summed E-state index contributed by atoms with van der Waals surface area (Å²) < 4.78 is 7.49. The van der Waals surface area contributed by atoms with Crippen LogP contribution < -0.4 is 10.1 Å². The highest BCUT2D eigenvalue weighted by Gasteiger charge is 2.13. The second-order valence-corrected chi connectivity index (χ2v) is 14.5. The maximum atomic E-state index is 10.0. The SMILES string of the molecule is CNCc1cnc2[nH]c(-c3cn(C)c4ccc(OC)cc34)cc2n1.CS(C)(C)CCO.O=Cc1ccccc1. The minimum atomic E-state index is -0.424. The van der Waals surface area contributed by atoms with Gasteiger partial charge in [0.05, 0.1) is 31.3 Å². The fraction of sp³-hybridized carbons (Fsp3) is 0.300. The minimum Gasteiger partial charge on any atom is -0.497 e. The van der Waals surface area contributed by atoms with Gasteiger partial charge in [0.2, 0.25) is 0 Å². The molecule has 2 aromatic carbocycles. The monoisotopic (exact) mass is 549 g/mol. The quantitative estimate of drug-likeness (QED) is 0.246. The molecule has 0 radical (unpaired) electrons. The van der Waals surface area contributed by atoms with Gasteiger partial charge in [-0.15, -0.1) is 0 Å². The Morgan fingerprint density at radius 2 is 1.87 bits per heavy atom. The van der Waals surface area contributed by atoms with Crippen molar-refractivity contribution in [2.24, 2.45) is 7.05 Å². The van der Waals surface area contributed by atoms with E-state index in [2.05, 4.69) is 68.0 Å². The third kappa shape index (κ3) is 8.41. The zero-order valence-corrected chi connectivity index (χ0v) is 24.4. The molecule has 0 atom stereocenters. The van der Waals surface area contributed by atoms with E-state index in [1.807, 2.05) is 38.4 Å². The summed E-state index contributed by atoms with van der Waals surface area (Å²) in [5.41, 5.74) is 6.60. The number of carbonyl (C=O) groups is 1. The normalized spacial score (nSPS) is 11.4. The number of methoxy groups -OCH3 is 1. The number of aliphatic hydroxyl groups is 1. The molecule has 0 fully saturated rings. The zero-order chi connectivity index (χ0) is 28.4. The number of hydrogen-bond acceptors (Lipinski definition) is 6. The number of nitrogens with one attached hydrogen (secondary N) is 2. The summed E-state index contributed by atoms with van der Waals surface area (Å²) in [7, 11) is 5.21. The van der Waals surface area contributed by atoms with Gasteiger partial charge in [-0.05, 0) is 55.8 Å². The van der Waals surface area contributed by atoms with Crippen LogP contribution >= 0.6 is 10.0 Å². The first-order chi connectivity index (χ1) is 18.7. The summed E-state index contributed by atoms with van der Waals surface area (Å²) in [6, 6.07) is 17.3. The van der Waals surface area contributed by atoms with Crippen LogP contribution in [0.2, 0.25) is 0 Å². The molecule has 0 amide bonds. The number of aromatic amines is 1. The van der Waals surface area contributed by atoms with Gasteiger partial charge < -0.3 is 24.7 Å². The fourth-order valence-corrected chi connectivity index (χ4v) is 4.42. The van der Waals surface area contributed by atoms with E-state index < -0.39 is 10.0 Å². The summed E-state index contributed by atoms with van der Waals surface area (Å²) in [6.07, 6.45) is 11.3. The number of H-pyrrole nitrogens is 1. The zero-order valence-electron chi connectivity index (χ0n) is 23.6. The van der Waals surface area contributed by atoms with Crippen LogP contribution in [0.4, 0.5) is 0 Å². The van der Waals surface area contributed by atoms with E-state index in [1.165, 1.54) is 0 Å². The van der Waals surface area contributed by atoms with Gasteiger partial charge in [-0.1, -0.05) is 30.3 Å². The molecule has 0 spiro atoms. The molecule has 0 aliphatic carbocycles. The Labute approximate surface area is 231 Å². The number of fused-ring (bicyclic) bond motifs is 2. The molecule has 3 heterocycles. The lowest BCUT2D eigenvalue weighted by molar-refractivity contribution is 0.112. The van der Waals surface area contributed by atoms with E-state index in [-0.39, 0.29) is 0 Å². The van der Waals surface area contributed by atoms with Gasteiger partial charge in [-0.3, -0.25) is 4.79 Å². The van der Waals surface area contributed by atoms with Crippen molar-refractivity contribution in [2.75, 3.05) is 45.3 Å². The summed E-state index contributed by atoms with van der Waals surface area (Å²) >= 11 is 0. The van der Waals surface area contributed by atoms with Crippen molar-refractivity contribution < 1.29 is 14.6 Å². The average molecular weight is 550 g/mol. The Kier molecular flexibility index (Phi) is 10.7. The van der Waals surface area contributed by atoms with Crippen molar-refractivity contribution in [2.45, 2.75) is 6.54 Å². The van der Waals surface area contributed by atoms with E-state index in [4.69, 9.17) is 9.84 Å². The average Bonchev–Trinajstić information content (AvgIpc) is 3.49. The highest BCUT2D eigenvalue weighted by Crippen LogP contribution is 2.34. The van der Waals surface area contributed by atoms with Gasteiger partial charge in [-0.25, -0.2) is 20.0 Å². The predicted molar refractivity (Wildman–Crippen MR) is 164 cm³/mol. The molecule has 9 heteroatoms. The third-order valence-corrected chi connectivity index (χ3v) is 7.27. The highest BCUT2D eigenvalue weighted by molar-refractivity contribution is 8.32. The molecule has 0 saturated carbocycles. The molecule has 8 nitrogen and oxygen atoms in total. The molecule has 0 bridgehead atoms. The maximum Gasteiger partial charge on any atom is 0.156 e. The topological polar surface area (TPSA) is 105 Å². The molecule has 39 heavy (non-hydrogen) atoms. The summed E-state index contributed by atoms with van der Waals surface area (Å²) in [6.45, 7) is 1.05. The van der Waals surface area contributed by atoms with Crippen LogP contribution in [-0.4, -0.2) is 76.2 Å². The molecule has 5 rings (SSSR count). The smallest absolute Gasteiger partial charge is 0.156 e. The van der Waals surface area contributed by atoms with Gasteiger partial charge in [0, 0.05) is 41.8 Å². The van der Waals surface area contributed by atoms with E-state index in [1.54, 1.807) is 25.4 Å². The van der Waals surface area contributed by atoms with Crippen molar-refractivity contribution in [3.63, 3.8) is 0 Å². The molecule has 208 valence electrons. The summed E-state index contributed by atoms with van der Waals surface area (Å²) in [4.78, 5) is 22.5. The molecular weight excluding hydrogens is 510 g/mol. The maximum absolute atomic E-state index is 10.0. The lowest BCUT2D eigenvalue weighted by Crippen LogP contribution is -2.07. The molecule has 0 unspecified atom stereocenters. The molecule has 5 aromatic rings. The number of carbonyl (C=O) groups excluding carboxylic acids is 1. The standard InChI is InChI=1S/C18H19N5O.C7H6O.C5H14OS/c1-19-8-11-9-20-18-16(21-11)7-15(22-18)14-10-23(2)17-5-4-12(24-3)6-13(14)17;8-6-7-4-2-1-3-5-7;1-7(2,3)5-4-6/h4-7,9-10,19H,8H2,1-3H3,(H,20,22);1-6H;6H,4-5H2,1-3H3. The number of ether oxygens (including phenoxy) is 1. The lowest BCUT2D eigenvalue weighted by atomic mass is 10.1. The molecule has 3 N–H and O–H groups in total.